The molecule has 0 bridgehead atoms. The summed E-state index contributed by atoms with van der Waals surface area (Å²) in [5, 5.41) is 20.6. The van der Waals surface area contributed by atoms with Crippen LogP contribution in [-0.2, 0) is 9.53 Å². The van der Waals surface area contributed by atoms with Crippen LogP contribution in [-0.4, -0.2) is 12.6 Å². The van der Waals surface area contributed by atoms with Gasteiger partial charge in [-0.3, -0.25) is 0 Å². The van der Waals surface area contributed by atoms with Crippen LogP contribution in [0.5, 0.6) is 0 Å². The highest BCUT2D eigenvalue weighted by Gasteiger charge is 2.49. The molecular weight excluding hydrogens is 260 g/mol. The van der Waals surface area contributed by atoms with Crippen molar-refractivity contribution < 1.29 is 9.53 Å². The van der Waals surface area contributed by atoms with Gasteiger partial charge >= 0.3 is 5.97 Å². The Kier molecular flexibility index (Phi) is 3.69. The molecule has 4 nitrogen and oxygen atoms in total. The summed E-state index contributed by atoms with van der Waals surface area (Å²) in [4.78, 5) is 12.8. The molecule has 0 spiro atoms. The zero-order valence-electron chi connectivity index (χ0n) is 10.4. The van der Waals surface area contributed by atoms with E-state index in [4.69, 9.17) is 4.74 Å². The van der Waals surface area contributed by atoms with E-state index < -0.39 is 17.3 Å². The number of hydrogen-bond acceptors (Lipinski definition) is 5. The summed E-state index contributed by atoms with van der Waals surface area (Å²) in [6, 6.07) is 7.85. The predicted octanol–water partition coefficient (Wildman–Crippen LogP) is 2.76. The van der Waals surface area contributed by atoms with E-state index in [1.165, 1.54) is 11.3 Å². The SMILES string of the molecule is CCOC(=O)C1=CCC(C#N)(C#N)[C@@H]1c1cccs1. The number of hydrogen-bond donors (Lipinski definition) is 0. The van der Waals surface area contributed by atoms with Crippen LogP contribution in [0.15, 0.2) is 29.2 Å². The summed E-state index contributed by atoms with van der Waals surface area (Å²) in [5.74, 6) is -0.949. The zero-order chi connectivity index (χ0) is 13.9. The van der Waals surface area contributed by atoms with Gasteiger partial charge in [-0.15, -0.1) is 11.3 Å². The van der Waals surface area contributed by atoms with Crippen molar-refractivity contribution in [1.82, 2.24) is 0 Å². The van der Waals surface area contributed by atoms with Crippen molar-refractivity contribution in [3.05, 3.63) is 34.0 Å². The Bertz CT molecular complexity index is 576. The minimum Gasteiger partial charge on any atom is -0.463 e. The van der Waals surface area contributed by atoms with Crippen LogP contribution < -0.4 is 0 Å². The normalized spacial score (nSPS) is 20.2. The second kappa shape index (κ2) is 5.26. The van der Waals surface area contributed by atoms with Gasteiger partial charge in [0, 0.05) is 10.5 Å². The maximum atomic E-state index is 12.0. The monoisotopic (exact) mass is 272 g/mol. The lowest BCUT2D eigenvalue weighted by atomic mass is 9.76. The zero-order valence-corrected chi connectivity index (χ0v) is 11.2. The van der Waals surface area contributed by atoms with Gasteiger partial charge in [-0.2, -0.15) is 10.5 Å². The lowest BCUT2D eigenvalue weighted by molar-refractivity contribution is -0.138. The lowest BCUT2D eigenvalue weighted by Crippen LogP contribution is -2.24. The van der Waals surface area contributed by atoms with Crippen LogP contribution in [0.2, 0.25) is 0 Å². The Morgan fingerprint density at radius 2 is 2.32 bits per heavy atom. The Labute approximate surface area is 115 Å². The third-order valence-electron chi connectivity index (χ3n) is 3.19. The van der Waals surface area contributed by atoms with E-state index in [-0.39, 0.29) is 13.0 Å². The third kappa shape index (κ3) is 2.14. The number of carbonyl (C=O) groups is 1. The fraction of sp³-hybridized carbons (Fsp3) is 0.357. The Morgan fingerprint density at radius 1 is 1.58 bits per heavy atom. The maximum absolute atomic E-state index is 12.0. The molecule has 1 aliphatic carbocycles. The van der Waals surface area contributed by atoms with E-state index >= 15 is 0 Å². The first kappa shape index (κ1) is 13.3. The first-order chi connectivity index (χ1) is 9.18. The molecular formula is C14H12N2O2S. The van der Waals surface area contributed by atoms with Crippen LogP contribution in [0.1, 0.15) is 24.1 Å². The summed E-state index contributed by atoms with van der Waals surface area (Å²) in [7, 11) is 0. The lowest BCUT2D eigenvalue weighted by Gasteiger charge is -2.22. The number of rotatable bonds is 3. The standard InChI is InChI=1S/C14H12N2O2S/c1-2-18-13(17)10-5-6-14(8-15,9-16)12(10)11-4-3-7-19-11/h3-5,7,12H,2,6H2,1H3/t12-/m0/s1. The molecule has 19 heavy (non-hydrogen) atoms. The largest absolute Gasteiger partial charge is 0.463 e. The van der Waals surface area contributed by atoms with Crippen LogP contribution in [0.25, 0.3) is 0 Å². The van der Waals surface area contributed by atoms with Gasteiger partial charge in [0.25, 0.3) is 0 Å². The molecule has 5 heteroatoms. The molecule has 2 rings (SSSR count). The molecule has 1 heterocycles. The van der Waals surface area contributed by atoms with E-state index in [0.29, 0.717) is 5.57 Å². The van der Waals surface area contributed by atoms with Gasteiger partial charge in [0.1, 0.15) is 0 Å². The van der Waals surface area contributed by atoms with Crippen molar-refractivity contribution in [1.29, 1.82) is 10.5 Å². The molecule has 96 valence electrons. The average molecular weight is 272 g/mol. The molecule has 0 radical (unpaired) electrons. The maximum Gasteiger partial charge on any atom is 0.334 e. The Morgan fingerprint density at radius 3 is 2.84 bits per heavy atom. The highest BCUT2D eigenvalue weighted by molar-refractivity contribution is 7.10. The number of nitrogens with zero attached hydrogens (tertiary/aromatic N) is 2. The molecule has 1 aromatic rings. The van der Waals surface area contributed by atoms with Crippen LogP contribution in [0.4, 0.5) is 0 Å². The highest BCUT2D eigenvalue weighted by Crippen LogP contribution is 2.50. The minimum atomic E-state index is -1.20. The average Bonchev–Trinajstić information content (AvgIpc) is 3.06. The van der Waals surface area contributed by atoms with Gasteiger partial charge in [0.2, 0.25) is 0 Å². The quantitative estimate of drug-likeness (QED) is 0.793. The Balaban J connectivity index is 2.45. The first-order valence-electron chi connectivity index (χ1n) is 5.91. The molecule has 0 N–H and O–H groups in total. The number of ether oxygens (including phenoxy) is 1. The first-order valence-corrected chi connectivity index (χ1v) is 6.79. The van der Waals surface area contributed by atoms with E-state index in [1.807, 2.05) is 17.5 Å². The van der Waals surface area contributed by atoms with Crippen LogP contribution in [0.3, 0.4) is 0 Å². The minimum absolute atomic E-state index is 0.261. The summed E-state index contributed by atoms with van der Waals surface area (Å²) in [6.45, 7) is 2.01. The second-order valence-electron chi connectivity index (χ2n) is 4.23. The van der Waals surface area contributed by atoms with Crippen LogP contribution in [0, 0.1) is 28.1 Å². The molecule has 0 unspecified atom stereocenters. The van der Waals surface area contributed by atoms with Crippen molar-refractivity contribution in [2.45, 2.75) is 19.3 Å². The van der Waals surface area contributed by atoms with Gasteiger partial charge in [0.15, 0.2) is 5.41 Å². The number of allylic oxidation sites excluding steroid dienone is 1. The topological polar surface area (TPSA) is 73.9 Å². The van der Waals surface area contributed by atoms with Crippen molar-refractivity contribution in [3.8, 4) is 12.1 Å². The molecule has 0 fully saturated rings. The molecule has 0 aromatic carbocycles. The highest BCUT2D eigenvalue weighted by atomic mass is 32.1. The van der Waals surface area contributed by atoms with Gasteiger partial charge in [-0.1, -0.05) is 12.1 Å². The fourth-order valence-corrected chi connectivity index (χ4v) is 3.22. The Hall–Kier alpha value is -2.11. The molecule has 1 aromatic heterocycles. The molecule has 1 aliphatic rings. The van der Waals surface area contributed by atoms with Gasteiger partial charge in [0.05, 0.1) is 24.7 Å². The summed E-state index contributed by atoms with van der Waals surface area (Å²) < 4.78 is 5.02. The smallest absolute Gasteiger partial charge is 0.334 e. The predicted molar refractivity (Wildman–Crippen MR) is 70.1 cm³/mol. The van der Waals surface area contributed by atoms with E-state index in [0.717, 1.165) is 4.88 Å². The number of esters is 1. The van der Waals surface area contributed by atoms with Gasteiger partial charge in [-0.25, -0.2) is 4.79 Å². The molecule has 0 amide bonds. The van der Waals surface area contributed by atoms with Crippen molar-refractivity contribution in [2.75, 3.05) is 6.61 Å². The third-order valence-corrected chi connectivity index (χ3v) is 4.12. The van der Waals surface area contributed by atoms with Gasteiger partial charge in [-0.05, 0) is 24.8 Å². The van der Waals surface area contributed by atoms with E-state index in [1.54, 1.807) is 13.0 Å². The second-order valence-corrected chi connectivity index (χ2v) is 5.21. The number of thiophene rings is 1. The van der Waals surface area contributed by atoms with E-state index in [2.05, 4.69) is 12.1 Å². The van der Waals surface area contributed by atoms with E-state index in [9.17, 15) is 15.3 Å². The summed E-state index contributed by atoms with van der Waals surface area (Å²) in [5.41, 5.74) is -0.778. The summed E-state index contributed by atoms with van der Waals surface area (Å²) >= 11 is 1.44. The summed E-state index contributed by atoms with van der Waals surface area (Å²) in [6.07, 6.45) is 1.92. The number of nitriles is 2. The van der Waals surface area contributed by atoms with Crippen molar-refractivity contribution in [2.24, 2.45) is 5.41 Å². The fourth-order valence-electron chi connectivity index (χ4n) is 2.28. The van der Waals surface area contributed by atoms with Gasteiger partial charge < -0.3 is 4.74 Å². The van der Waals surface area contributed by atoms with Crippen molar-refractivity contribution in [3.63, 3.8) is 0 Å². The van der Waals surface area contributed by atoms with Crippen LogP contribution >= 0.6 is 11.3 Å². The molecule has 0 saturated carbocycles. The molecule has 0 aliphatic heterocycles. The molecule has 1 atom stereocenters. The number of carbonyl (C=O) groups excluding carboxylic acids is 1. The molecule has 0 saturated heterocycles. The van der Waals surface area contributed by atoms with Crippen molar-refractivity contribution >= 4 is 17.3 Å².